The summed E-state index contributed by atoms with van der Waals surface area (Å²) in [5.41, 5.74) is 1.46. The van der Waals surface area contributed by atoms with Gasteiger partial charge in [-0.25, -0.2) is 8.42 Å². The molecule has 220 valence electrons. The highest BCUT2D eigenvalue weighted by molar-refractivity contribution is 7.92. The summed E-state index contributed by atoms with van der Waals surface area (Å²) < 4.78 is 28.9. The van der Waals surface area contributed by atoms with E-state index in [4.69, 9.17) is 34.8 Å². The van der Waals surface area contributed by atoms with E-state index < -0.39 is 28.5 Å². The Bertz CT molecular complexity index is 1460. The second-order valence-electron chi connectivity index (χ2n) is 10.1. The van der Waals surface area contributed by atoms with Crippen LogP contribution in [0.15, 0.2) is 71.6 Å². The van der Waals surface area contributed by atoms with E-state index in [2.05, 4.69) is 5.32 Å². The molecule has 0 aromatic heterocycles. The highest BCUT2D eigenvalue weighted by Crippen LogP contribution is 2.32. The Morgan fingerprint density at radius 2 is 1.46 bits per heavy atom. The van der Waals surface area contributed by atoms with Gasteiger partial charge in [-0.3, -0.25) is 13.9 Å². The van der Waals surface area contributed by atoms with Crippen LogP contribution in [-0.4, -0.2) is 44.3 Å². The van der Waals surface area contributed by atoms with Gasteiger partial charge in [0.25, 0.3) is 10.0 Å². The number of para-hydroxylation sites is 1. The third-order valence-corrected chi connectivity index (χ3v) is 9.27. The molecule has 3 rings (SSSR count). The van der Waals surface area contributed by atoms with E-state index in [1.165, 1.54) is 23.1 Å². The van der Waals surface area contributed by atoms with Gasteiger partial charge in [-0.1, -0.05) is 91.5 Å². The molecule has 0 heterocycles. The van der Waals surface area contributed by atoms with Gasteiger partial charge in [0.1, 0.15) is 12.6 Å². The van der Waals surface area contributed by atoms with Crippen LogP contribution in [0.2, 0.25) is 15.1 Å². The van der Waals surface area contributed by atoms with Gasteiger partial charge in [-0.05, 0) is 55.7 Å². The summed E-state index contributed by atoms with van der Waals surface area (Å²) in [5, 5.41) is 3.68. The molecule has 1 atom stereocenters. The third kappa shape index (κ3) is 8.16. The van der Waals surface area contributed by atoms with Crippen LogP contribution in [0.3, 0.4) is 0 Å². The highest BCUT2D eigenvalue weighted by atomic mass is 35.5. The zero-order valence-electron chi connectivity index (χ0n) is 23.4. The average Bonchev–Trinajstić information content (AvgIpc) is 2.92. The Kier molecular flexibility index (Phi) is 11.5. The van der Waals surface area contributed by atoms with E-state index in [0.29, 0.717) is 22.2 Å². The maximum Gasteiger partial charge on any atom is 0.264 e. The number of nitrogens with one attached hydrogen (secondary N) is 1. The average molecular weight is 639 g/mol. The Labute approximate surface area is 257 Å². The normalized spacial score (nSPS) is 12.2. The Hall–Kier alpha value is -2.78. The van der Waals surface area contributed by atoms with Gasteiger partial charge < -0.3 is 10.2 Å². The minimum Gasteiger partial charge on any atom is -0.354 e. The zero-order chi connectivity index (χ0) is 30.3. The zero-order valence-corrected chi connectivity index (χ0v) is 26.5. The fraction of sp³-hybridized carbons (Fsp3) is 0.333. The standard InChI is InChI=1S/C30H34Cl3N3O4S/c1-5-27(30(38)34-17-20(2)3)35(18-23-24(31)10-8-11-25(23)32)29(37)19-36(28-12-7-6-9-26(28)33)41(39,40)22-15-13-21(4)14-16-22/h6-16,20,27H,5,17-19H2,1-4H3,(H,34,38)/t27-/m0/s1. The van der Waals surface area contributed by atoms with Crippen LogP contribution >= 0.6 is 34.8 Å². The number of carbonyl (C=O) groups excluding carboxylic acids is 2. The van der Waals surface area contributed by atoms with Crippen molar-refractivity contribution in [3.05, 3.63) is 92.9 Å². The van der Waals surface area contributed by atoms with Crippen molar-refractivity contribution in [2.45, 2.75) is 51.6 Å². The Morgan fingerprint density at radius 3 is 2.02 bits per heavy atom. The second-order valence-corrected chi connectivity index (χ2v) is 13.1. The van der Waals surface area contributed by atoms with Crippen LogP contribution in [0.5, 0.6) is 0 Å². The van der Waals surface area contributed by atoms with Gasteiger partial charge >= 0.3 is 0 Å². The first-order valence-electron chi connectivity index (χ1n) is 13.2. The number of amides is 2. The van der Waals surface area contributed by atoms with Crippen LogP contribution in [0.25, 0.3) is 0 Å². The lowest BCUT2D eigenvalue weighted by atomic mass is 10.1. The van der Waals surface area contributed by atoms with Crippen molar-refractivity contribution >= 4 is 62.3 Å². The molecule has 3 aromatic carbocycles. The number of rotatable bonds is 12. The number of benzene rings is 3. The molecule has 0 aliphatic heterocycles. The van der Waals surface area contributed by atoms with Crippen molar-refractivity contribution in [1.82, 2.24) is 10.2 Å². The quantitative estimate of drug-likeness (QED) is 0.238. The monoisotopic (exact) mass is 637 g/mol. The largest absolute Gasteiger partial charge is 0.354 e. The lowest BCUT2D eigenvalue weighted by Crippen LogP contribution is -2.52. The van der Waals surface area contributed by atoms with Gasteiger partial charge in [0, 0.05) is 28.7 Å². The SMILES string of the molecule is CC[C@@H](C(=O)NCC(C)C)N(Cc1c(Cl)cccc1Cl)C(=O)CN(c1ccccc1Cl)S(=O)(=O)c1ccc(C)cc1. The number of hydrogen-bond donors (Lipinski definition) is 1. The Balaban J connectivity index is 2.10. The molecule has 11 heteroatoms. The topological polar surface area (TPSA) is 86.8 Å². The molecule has 0 bridgehead atoms. The third-order valence-electron chi connectivity index (χ3n) is 6.47. The van der Waals surface area contributed by atoms with E-state index in [0.717, 1.165) is 9.87 Å². The summed E-state index contributed by atoms with van der Waals surface area (Å²) in [6, 6.07) is 16.8. The molecule has 1 N–H and O–H groups in total. The summed E-state index contributed by atoms with van der Waals surface area (Å²) in [6.07, 6.45) is 0.272. The molecule has 0 aliphatic rings. The fourth-order valence-electron chi connectivity index (χ4n) is 4.20. The van der Waals surface area contributed by atoms with Crippen LogP contribution < -0.4 is 9.62 Å². The Morgan fingerprint density at radius 1 is 0.878 bits per heavy atom. The second kappa shape index (κ2) is 14.4. The number of hydrogen-bond acceptors (Lipinski definition) is 4. The first kappa shape index (κ1) is 32.7. The minimum absolute atomic E-state index is 0.00163. The van der Waals surface area contributed by atoms with Crippen LogP contribution in [0.1, 0.15) is 38.3 Å². The number of carbonyl (C=O) groups is 2. The van der Waals surface area contributed by atoms with Gasteiger partial charge in [0.2, 0.25) is 11.8 Å². The van der Waals surface area contributed by atoms with Gasteiger partial charge in [-0.2, -0.15) is 0 Å². The van der Waals surface area contributed by atoms with Crippen LogP contribution in [0.4, 0.5) is 5.69 Å². The summed E-state index contributed by atoms with van der Waals surface area (Å²) in [4.78, 5) is 28.8. The molecule has 0 spiro atoms. The van der Waals surface area contributed by atoms with E-state index in [1.54, 1.807) is 55.5 Å². The van der Waals surface area contributed by atoms with Crippen LogP contribution in [0, 0.1) is 12.8 Å². The molecule has 0 unspecified atom stereocenters. The van der Waals surface area contributed by atoms with Crippen LogP contribution in [-0.2, 0) is 26.2 Å². The van der Waals surface area contributed by atoms with Crippen molar-refractivity contribution in [3.8, 4) is 0 Å². The molecule has 0 fully saturated rings. The van der Waals surface area contributed by atoms with E-state index in [9.17, 15) is 18.0 Å². The van der Waals surface area contributed by atoms with Crippen molar-refractivity contribution in [2.75, 3.05) is 17.4 Å². The summed E-state index contributed by atoms with van der Waals surface area (Å²) in [7, 11) is -4.24. The number of aryl methyl sites for hydroxylation is 1. The first-order chi connectivity index (χ1) is 19.4. The first-order valence-corrected chi connectivity index (χ1v) is 15.8. The molecular formula is C30H34Cl3N3O4S. The van der Waals surface area contributed by atoms with E-state index >= 15 is 0 Å². The molecule has 7 nitrogen and oxygen atoms in total. The number of sulfonamides is 1. The molecule has 0 aliphatic carbocycles. The lowest BCUT2D eigenvalue weighted by Gasteiger charge is -2.34. The molecule has 0 saturated heterocycles. The molecule has 3 aromatic rings. The van der Waals surface area contributed by atoms with Crippen molar-refractivity contribution < 1.29 is 18.0 Å². The predicted octanol–water partition coefficient (Wildman–Crippen LogP) is 6.73. The van der Waals surface area contributed by atoms with Gasteiger partial charge in [0.15, 0.2) is 0 Å². The molecule has 0 saturated carbocycles. The fourth-order valence-corrected chi connectivity index (χ4v) is 6.44. The lowest BCUT2D eigenvalue weighted by molar-refractivity contribution is -0.140. The highest BCUT2D eigenvalue weighted by Gasteiger charge is 2.35. The summed E-state index contributed by atoms with van der Waals surface area (Å²) in [5.74, 6) is -0.791. The van der Waals surface area contributed by atoms with Crippen molar-refractivity contribution in [1.29, 1.82) is 0 Å². The molecule has 2 amide bonds. The van der Waals surface area contributed by atoms with E-state index in [1.807, 2.05) is 20.8 Å². The molecule has 0 radical (unpaired) electrons. The van der Waals surface area contributed by atoms with Crippen molar-refractivity contribution in [3.63, 3.8) is 0 Å². The number of anilines is 1. The smallest absolute Gasteiger partial charge is 0.264 e. The maximum atomic E-state index is 14.2. The molecule has 41 heavy (non-hydrogen) atoms. The predicted molar refractivity (Wildman–Crippen MR) is 166 cm³/mol. The maximum absolute atomic E-state index is 14.2. The number of nitrogens with zero attached hydrogens (tertiary/aromatic N) is 2. The van der Waals surface area contributed by atoms with Crippen molar-refractivity contribution in [2.24, 2.45) is 5.92 Å². The minimum atomic E-state index is -4.24. The van der Waals surface area contributed by atoms with Gasteiger partial charge in [0.05, 0.1) is 15.6 Å². The van der Waals surface area contributed by atoms with E-state index in [-0.39, 0.29) is 40.4 Å². The van der Waals surface area contributed by atoms with Gasteiger partial charge in [-0.15, -0.1) is 0 Å². The number of halogens is 3. The summed E-state index contributed by atoms with van der Waals surface area (Å²) >= 11 is 19.4. The summed E-state index contributed by atoms with van der Waals surface area (Å²) in [6.45, 7) is 7.25. The molecular weight excluding hydrogens is 605 g/mol.